The van der Waals surface area contributed by atoms with E-state index in [1.54, 1.807) is 0 Å². The van der Waals surface area contributed by atoms with Gasteiger partial charge >= 0.3 is 0 Å². The zero-order valence-corrected chi connectivity index (χ0v) is 18.3. The Labute approximate surface area is 172 Å². The minimum Gasteiger partial charge on any atom is -0.378 e. The molecule has 8 nitrogen and oxygen atoms in total. The average molecular weight is 420 g/mol. The molecule has 2 heterocycles. The number of ether oxygens (including phenoxy) is 1. The first-order chi connectivity index (χ1) is 13.8. The zero-order valence-electron chi connectivity index (χ0n) is 17.4. The van der Waals surface area contributed by atoms with Crippen molar-refractivity contribution in [2.45, 2.75) is 32.6 Å². The molecule has 2 aromatic rings. The van der Waals surface area contributed by atoms with Gasteiger partial charge in [0.1, 0.15) is 17.5 Å². The lowest BCUT2D eigenvalue weighted by Gasteiger charge is -2.28. The maximum atomic E-state index is 12.7. The number of nitrogens with one attached hydrogen (secondary N) is 2. The lowest BCUT2D eigenvalue weighted by Crippen LogP contribution is -2.37. The molecular formula is C20H29N5O3S. The van der Waals surface area contributed by atoms with Gasteiger partial charge in [-0.3, -0.25) is 0 Å². The third kappa shape index (κ3) is 5.43. The smallest absolute Gasteiger partial charge is 0.241 e. The number of rotatable bonds is 7. The number of aryl methyl sites for hydroxylation is 4. The first kappa shape index (κ1) is 21.5. The van der Waals surface area contributed by atoms with Crippen LogP contribution < -0.4 is 14.9 Å². The molecule has 1 aromatic carbocycles. The van der Waals surface area contributed by atoms with E-state index in [4.69, 9.17) is 4.74 Å². The minimum atomic E-state index is -3.57. The molecule has 1 fully saturated rings. The Hall–Kier alpha value is -2.23. The van der Waals surface area contributed by atoms with E-state index in [-0.39, 0.29) is 6.54 Å². The van der Waals surface area contributed by atoms with Crippen LogP contribution in [0.4, 0.5) is 11.6 Å². The van der Waals surface area contributed by atoms with Gasteiger partial charge < -0.3 is 15.0 Å². The summed E-state index contributed by atoms with van der Waals surface area (Å²) in [6.07, 6.45) is 0. The molecule has 0 unspecified atom stereocenters. The van der Waals surface area contributed by atoms with Gasteiger partial charge in [-0.05, 0) is 38.8 Å². The molecule has 0 aliphatic carbocycles. The summed E-state index contributed by atoms with van der Waals surface area (Å²) in [6.45, 7) is 11.1. The lowest BCUT2D eigenvalue weighted by molar-refractivity contribution is 0.122. The highest BCUT2D eigenvalue weighted by molar-refractivity contribution is 7.89. The monoisotopic (exact) mass is 419 g/mol. The highest BCUT2D eigenvalue weighted by Gasteiger charge is 2.19. The van der Waals surface area contributed by atoms with Crippen LogP contribution in [0.5, 0.6) is 0 Å². The predicted octanol–water partition coefficient (Wildman–Crippen LogP) is 1.94. The van der Waals surface area contributed by atoms with Gasteiger partial charge in [-0.25, -0.2) is 23.1 Å². The maximum Gasteiger partial charge on any atom is 0.241 e. The SMILES string of the molecule is Cc1cc(C)c(S(=O)(=O)NCCNc2cc(N3CCOCC3)nc(C)n2)c(C)c1. The molecule has 2 N–H and O–H groups in total. The molecule has 0 radical (unpaired) electrons. The van der Waals surface area contributed by atoms with Gasteiger partial charge in [0, 0.05) is 32.2 Å². The largest absolute Gasteiger partial charge is 0.378 e. The molecule has 29 heavy (non-hydrogen) atoms. The first-order valence-electron chi connectivity index (χ1n) is 9.76. The van der Waals surface area contributed by atoms with Gasteiger partial charge in [0.25, 0.3) is 0 Å². The maximum absolute atomic E-state index is 12.7. The molecule has 1 aromatic heterocycles. The molecule has 158 valence electrons. The molecule has 0 atom stereocenters. The lowest BCUT2D eigenvalue weighted by atomic mass is 10.1. The topological polar surface area (TPSA) is 96.5 Å². The van der Waals surface area contributed by atoms with Gasteiger partial charge in [-0.15, -0.1) is 0 Å². The normalized spacial score (nSPS) is 14.8. The van der Waals surface area contributed by atoms with Crippen LogP contribution in [0.2, 0.25) is 0 Å². The van der Waals surface area contributed by atoms with Crippen molar-refractivity contribution in [1.82, 2.24) is 14.7 Å². The number of nitrogens with zero attached hydrogens (tertiary/aromatic N) is 3. The summed E-state index contributed by atoms with van der Waals surface area (Å²) in [6, 6.07) is 5.66. The number of benzene rings is 1. The van der Waals surface area contributed by atoms with Crippen LogP contribution in [0.25, 0.3) is 0 Å². The number of hydrogen-bond donors (Lipinski definition) is 2. The van der Waals surface area contributed by atoms with Crippen LogP contribution in [-0.2, 0) is 14.8 Å². The van der Waals surface area contributed by atoms with Crippen LogP contribution in [0, 0.1) is 27.7 Å². The average Bonchev–Trinajstić information content (AvgIpc) is 2.64. The number of sulfonamides is 1. The molecule has 9 heteroatoms. The standard InChI is InChI=1S/C20H29N5O3S/c1-14-11-15(2)20(16(3)12-14)29(26,27)22-6-5-21-18-13-19(24-17(4)23-18)25-7-9-28-10-8-25/h11-13,22H,5-10H2,1-4H3,(H,21,23,24). The molecule has 1 saturated heterocycles. The fraction of sp³-hybridized carbons (Fsp3) is 0.500. The Morgan fingerprint density at radius 1 is 1.00 bits per heavy atom. The van der Waals surface area contributed by atoms with Crippen molar-refractivity contribution in [2.24, 2.45) is 0 Å². The van der Waals surface area contributed by atoms with Crippen LogP contribution in [0.1, 0.15) is 22.5 Å². The van der Waals surface area contributed by atoms with Crippen molar-refractivity contribution < 1.29 is 13.2 Å². The Morgan fingerprint density at radius 3 is 2.31 bits per heavy atom. The van der Waals surface area contributed by atoms with E-state index >= 15 is 0 Å². The van der Waals surface area contributed by atoms with Crippen LogP contribution in [0.15, 0.2) is 23.1 Å². The van der Waals surface area contributed by atoms with E-state index in [0.29, 0.717) is 36.3 Å². The van der Waals surface area contributed by atoms with Crippen molar-refractivity contribution in [3.05, 3.63) is 40.7 Å². The molecular weight excluding hydrogens is 390 g/mol. The van der Waals surface area contributed by atoms with E-state index in [0.717, 1.165) is 35.6 Å². The van der Waals surface area contributed by atoms with E-state index in [2.05, 4.69) is 24.9 Å². The summed E-state index contributed by atoms with van der Waals surface area (Å²) in [5, 5.41) is 3.19. The number of anilines is 2. The highest BCUT2D eigenvalue weighted by atomic mass is 32.2. The number of aromatic nitrogens is 2. The minimum absolute atomic E-state index is 0.255. The summed E-state index contributed by atoms with van der Waals surface area (Å²) in [5.74, 6) is 2.21. The molecule has 0 spiro atoms. The third-order valence-corrected chi connectivity index (χ3v) is 6.52. The Bertz CT molecular complexity index is 949. The van der Waals surface area contributed by atoms with Gasteiger partial charge in [0.15, 0.2) is 0 Å². The fourth-order valence-electron chi connectivity index (χ4n) is 3.64. The summed E-state index contributed by atoms with van der Waals surface area (Å²) in [4.78, 5) is 11.4. The molecule has 1 aliphatic heterocycles. The quantitative estimate of drug-likeness (QED) is 0.662. The van der Waals surface area contributed by atoms with Gasteiger partial charge in [0.2, 0.25) is 10.0 Å². The van der Waals surface area contributed by atoms with E-state index in [9.17, 15) is 8.42 Å². The summed E-state index contributed by atoms with van der Waals surface area (Å²) in [7, 11) is -3.57. The van der Waals surface area contributed by atoms with Gasteiger partial charge in [-0.1, -0.05) is 17.7 Å². The summed E-state index contributed by atoms with van der Waals surface area (Å²) < 4.78 is 33.5. The second kappa shape index (κ2) is 9.06. The fourth-order valence-corrected chi connectivity index (χ4v) is 5.12. The second-order valence-electron chi connectivity index (χ2n) is 7.31. The van der Waals surface area contributed by atoms with Crippen molar-refractivity contribution in [2.75, 3.05) is 49.6 Å². The highest BCUT2D eigenvalue weighted by Crippen LogP contribution is 2.21. The van der Waals surface area contributed by atoms with Crippen LogP contribution in [0.3, 0.4) is 0 Å². The number of morpholine rings is 1. The van der Waals surface area contributed by atoms with E-state index in [1.165, 1.54) is 0 Å². The third-order valence-electron chi connectivity index (χ3n) is 4.76. The van der Waals surface area contributed by atoms with Crippen molar-refractivity contribution >= 4 is 21.7 Å². The summed E-state index contributed by atoms with van der Waals surface area (Å²) >= 11 is 0. The zero-order chi connectivity index (χ0) is 21.0. The van der Waals surface area contributed by atoms with E-state index < -0.39 is 10.0 Å². The molecule has 0 saturated carbocycles. The van der Waals surface area contributed by atoms with Gasteiger partial charge in [-0.2, -0.15) is 0 Å². The number of hydrogen-bond acceptors (Lipinski definition) is 7. The first-order valence-corrected chi connectivity index (χ1v) is 11.2. The van der Waals surface area contributed by atoms with Crippen LogP contribution >= 0.6 is 0 Å². The van der Waals surface area contributed by atoms with Crippen molar-refractivity contribution in [1.29, 1.82) is 0 Å². The predicted molar refractivity (Wildman–Crippen MR) is 114 cm³/mol. The van der Waals surface area contributed by atoms with Crippen molar-refractivity contribution in [3.8, 4) is 0 Å². The Kier molecular flexibility index (Phi) is 6.71. The Morgan fingerprint density at radius 2 is 1.66 bits per heavy atom. The Balaban J connectivity index is 1.61. The molecule has 0 amide bonds. The van der Waals surface area contributed by atoms with Crippen LogP contribution in [-0.4, -0.2) is 57.8 Å². The molecule has 1 aliphatic rings. The van der Waals surface area contributed by atoms with Gasteiger partial charge in [0.05, 0.1) is 18.1 Å². The molecule has 0 bridgehead atoms. The van der Waals surface area contributed by atoms with E-state index in [1.807, 2.05) is 45.9 Å². The van der Waals surface area contributed by atoms with Crippen molar-refractivity contribution in [3.63, 3.8) is 0 Å². The molecule has 3 rings (SSSR count). The summed E-state index contributed by atoms with van der Waals surface area (Å²) in [5.41, 5.74) is 2.56. The second-order valence-corrected chi connectivity index (χ2v) is 9.01.